The average Bonchev–Trinajstić information content (AvgIpc) is 3.22. The quantitative estimate of drug-likeness (QED) is 0.390. The van der Waals surface area contributed by atoms with E-state index in [1.54, 1.807) is 23.6 Å². The SMILES string of the molecule is CC(=O)N(c1nnc(SCCOc2cccc(Br)c2)s1)C1CC1. The van der Waals surface area contributed by atoms with Crippen LogP contribution in [-0.2, 0) is 4.79 Å². The highest BCUT2D eigenvalue weighted by atomic mass is 79.9. The van der Waals surface area contributed by atoms with Gasteiger partial charge in [0.15, 0.2) is 4.34 Å². The predicted octanol–water partition coefficient (Wildman–Crippen LogP) is 3.99. The van der Waals surface area contributed by atoms with Crippen molar-refractivity contribution in [1.29, 1.82) is 0 Å². The Morgan fingerprint density at radius 1 is 1.48 bits per heavy atom. The minimum atomic E-state index is 0.0400. The number of amides is 1. The molecule has 0 radical (unpaired) electrons. The van der Waals surface area contributed by atoms with Gasteiger partial charge in [-0.05, 0) is 31.0 Å². The number of hydrogen-bond donors (Lipinski definition) is 0. The minimum absolute atomic E-state index is 0.0400. The van der Waals surface area contributed by atoms with Crippen LogP contribution in [-0.4, -0.2) is 34.5 Å². The van der Waals surface area contributed by atoms with Crippen LogP contribution in [0.2, 0.25) is 0 Å². The number of benzene rings is 1. The average molecular weight is 414 g/mol. The highest BCUT2D eigenvalue weighted by Crippen LogP contribution is 2.35. The molecule has 3 rings (SSSR count). The molecular weight excluding hydrogens is 398 g/mol. The maximum Gasteiger partial charge on any atom is 0.225 e. The molecule has 1 saturated carbocycles. The molecule has 0 spiro atoms. The summed E-state index contributed by atoms with van der Waals surface area (Å²) in [6.07, 6.45) is 2.12. The lowest BCUT2D eigenvalue weighted by Crippen LogP contribution is -2.30. The van der Waals surface area contributed by atoms with Gasteiger partial charge in [-0.2, -0.15) is 0 Å². The molecule has 0 atom stereocenters. The van der Waals surface area contributed by atoms with E-state index in [2.05, 4.69) is 26.1 Å². The molecule has 1 aliphatic rings. The summed E-state index contributed by atoms with van der Waals surface area (Å²) in [6, 6.07) is 8.09. The standard InChI is InChI=1S/C15H16BrN3O2S2/c1-10(20)19(12-5-6-12)14-17-18-15(23-14)22-8-7-21-13-4-2-3-11(16)9-13/h2-4,9,12H,5-8H2,1H3. The van der Waals surface area contributed by atoms with Gasteiger partial charge in [0.05, 0.1) is 6.61 Å². The van der Waals surface area contributed by atoms with Crippen LogP contribution >= 0.6 is 39.0 Å². The molecule has 0 N–H and O–H groups in total. The number of ether oxygens (including phenoxy) is 1. The molecule has 23 heavy (non-hydrogen) atoms. The fourth-order valence-electron chi connectivity index (χ4n) is 2.08. The van der Waals surface area contributed by atoms with Crippen LogP contribution in [0, 0.1) is 0 Å². The van der Waals surface area contributed by atoms with E-state index < -0.39 is 0 Å². The van der Waals surface area contributed by atoms with E-state index in [4.69, 9.17) is 4.74 Å². The fraction of sp³-hybridized carbons (Fsp3) is 0.400. The monoisotopic (exact) mass is 413 g/mol. The molecule has 0 unspecified atom stereocenters. The van der Waals surface area contributed by atoms with Crippen molar-refractivity contribution in [2.45, 2.75) is 30.1 Å². The summed E-state index contributed by atoms with van der Waals surface area (Å²) in [5, 5.41) is 9.02. The van der Waals surface area contributed by atoms with Crippen molar-refractivity contribution >= 4 is 50.1 Å². The summed E-state index contributed by atoms with van der Waals surface area (Å²) in [5.74, 6) is 1.66. The van der Waals surface area contributed by atoms with E-state index in [1.807, 2.05) is 24.3 Å². The molecule has 0 saturated heterocycles. The number of halogens is 1. The van der Waals surface area contributed by atoms with Gasteiger partial charge >= 0.3 is 0 Å². The van der Waals surface area contributed by atoms with Gasteiger partial charge in [-0.25, -0.2) is 0 Å². The van der Waals surface area contributed by atoms with Crippen LogP contribution in [0.4, 0.5) is 5.13 Å². The Morgan fingerprint density at radius 2 is 2.30 bits per heavy atom. The summed E-state index contributed by atoms with van der Waals surface area (Å²) in [5.41, 5.74) is 0. The van der Waals surface area contributed by atoms with Crippen LogP contribution in [0.15, 0.2) is 33.1 Å². The van der Waals surface area contributed by atoms with Crippen LogP contribution in [0.1, 0.15) is 19.8 Å². The number of carbonyl (C=O) groups is 1. The van der Waals surface area contributed by atoms with Crippen molar-refractivity contribution in [3.05, 3.63) is 28.7 Å². The minimum Gasteiger partial charge on any atom is -0.493 e. The maximum atomic E-state index is 11.7. The predicted molar refractivity (Wildman–Crippen MR) is 96.5 cm³/mol. The molecule has 0 aliphatic heterocycles. The third-order valence-electron chi connectivity index (χ3n) is 3.23. The number of hydrogen-bond acceptors (Lipinski definition) is 6. The first-order valence-electron chi connectivity index (χ1n) is 7.28. The zero-order valence-electron chi connectivity index (χ0n) is 12.6. The number of anilines is 1. The van der Waals surface area contributed by atoms with Crippen molar-refractivity contribution in [3.8, 4) is 5.75 Å². The Morgan fingerprint density at radius 3 is 3.00 bits per heavy atom. The van der Waals surface area contributed by atoms with Crippen molar-refractivity contribution in [2.75, 3.05) is 17.3 Å². The molecule has 122 valence electrons. The lowest BCUT2D eigenvalue weighted by molar-refractivity contribution is -0.116. The molecule has 1 heterocycles. The van der Waals surface area contributed by atoms with Crippen molar-refractivity contribution in [3.63, 3.8) is 0 Å². The first-order chi connectivity index (χ1) is 11.1. The van der Waals surface area contributed by atoms with Crippen LogP contribution in [0.3, 0.4) is 0 Å². The number of rotatable bonds is 7. The summed E-state index contributed by atoms with van der Waals surface area (Å²) in [6.45, 7) is 2.17. The number of nitrogens with zero attached hydrogens (tertiary/aromatic N) is 3. The van der Waals surface area contributed by atoms with Gasteiger partial charge in [0.1, 0.15) is 5.75 Å². The molecule has 1 aromatic carbocycles. The molecular formula is C15H16BrN3O2S2. The molecule has 1 aliphatic carbocycles. The Bertz CT molecular complexity index is 691. The second kappa shape index (κ2) is 7.63. The van der Waals surface area contributed by atoms with E-state index in [1.165, 1.54) is 11.3 Å². The van der Waals surface area contributed by atoms with E-state index in [-0.39, 0.29) is 5.91 Å². The van der Waals surface area contributed by atoms with Crippen LogP contribution in [0.25, 0.3) is 0 Å². The van der Waals surface area contributed by atoms with Gasteiger partial charge in [-0.3, -0.25) is 9.69 Å². The third kappa shape index (κ3) is 4.68. The number of carbonyl (C=O) groups excluding carboxylic acids is 1. The van der Waals surface area contributed by atoms with Crippen LogP contribution in [0.5, 0.6) is 5.75 Å². The first-order valence-corrected chi connectivity index (χ1v) is 9.87. The van der Waals surface area contributed by atoms with Crippen LogP contribution < -0.4 is 9.64 Å². The highest BCUT2D eigenvalue weighted by molar-refractivity contribution is 9.10. The Balaban J connectivity index is 1.48. The van der Waals surface area contributed by atoms with Gasteiger partial charge in [0, 0.05) is 23.2 Å². The first kappa shape index (κ1) is 16.7. The zero-order chi connectivity index (χ0) is 16.2. The molecule has 8 heteroatoms. The van der Waals surface area contributed by atoms with E-state index in [0.29, 0.717) is 17.8 Å². The normalized spacial score (nSPS) is 13.8. The van der Waals surface area contributed by atoms with Crippen molar-refractivity contribution < 1.29 is 9.53 Å². The smallest absolute Gasteiger partial charge is 0.225 e. The van der Waals surface area contributed by atoms with Gasteiger partial charge in [0.25, 0.3) is 0 Å². The van der Waals surface area contributed by atoms with Gasteiger partial charge in [0.2, 0.25) is 11.0 Å². The van der Waals surface area contributed by atoms with Crippen molar-refractivity contribution in [2.24, 2.45) is 0 Å². The number of aromatic nitrogens is 2. The second-order valence-corrected chi connectivity index (χ2v) is 8.34. The number of thioether (sulfide) groups is 1. The Labute approximate surface area is 151 Å². The Hall–Kier alpha value is -1.12. The summed E-state index contributed by atoms with van der Waals surface area (Å²) in [7, 11) is 0. The van der Waals surface area contributed by atoms with E-state index >= 15 is 0 Å². The molecule has 1 aromatic heterocycles. The largest absolute Gasteiger partial charge is 0.493 e. The molecule has 2 aromatic rings. The second-order valence-electron chi connectivity index (χ2n) is 5.13. The zero-order valence-corrected chi connectivity index (χ0v) is 15.8. The summed E-state index contributed by atoms with van der Waals surface area (Å²) in [4.78, 5) is 13.5. The van der Waals surface area contributed by atoms with Crippen molar-refractivity contribution in [1.82, 2.24) is 10.2 Å². The highest BCUT2D eigenvalue weighted by Gasteiger charge is 2.34. The molecule has 5 nitrogen and oxygen atoms in total. The van der Waals surface area contributed by atoms with Gasteiger partial charge in [-0.15, -0.1) is 10.2 Å². The maximum absolute atomic E-state index is 11.7. The summed E-state index contributed by atoms with van der Waals surface area (Å²) >= 11 is 6.48. The van der Waals surface area contributed by atoms with Gasteiger partial charge in [-0.1, -0.05) is 45.1 Å². The van der Waals surface area contributed by atoms with Gasteiger partial charge < -0.3 is 4.74 Å². The Kier molecular flexibility index (Phi) is 5.55. The molecule has 1 amide bonds. The van der Waals surface area contributed by atoms with E-state index in [9.17, 15) is 4.79 Å². The third-order valence-corrected chi connectivity index (χ3v) is 5.74. The lowest BCUT2D eigenvalue weighted by atomic mass is 10.3. The summed E-state index contributed by atoms with van der Waals surface area (Å²) < 4.78 is 7.56. The lowest BCUT2D eigenvalue weighted by Gasteiger charge is -2.15. The molecule has 1 fully saturated rings. The van der Waals surface area contributed by atoms with E-state index in [0.717, 1.165) is 33.2 Å². The fourth-order valence-corrected chi connectivity index (χ4v) is 4.31. The topological polar surface area (TPSA) is 55.3 Å². The molecule has 0 bridgehead atoms.